The minimum absolute atomic E-state index is 0.00573. The molecule has 1 saturated heterocycles. The van der Waals surface area contributed by atoms with Crippen molar-refractivity contribution >= 4 is 11.6 Å². The lowest BCUT2D eigenvalue weighted by Gasteiger charge is -2.31. The number of aromatic nitrogens is 3. The second-order valence-corrected chi connectivity index (χ2v) is 8.38. The number of nitrogens with zero attached hydrogens (tertiary/aromatic N) is 4. The first kappa shape index (κ1) is 21.2. The van der Waals surface area contributed by atoms with Crippen LogP contribution in [0.1, 0.15) is 18.4 Å². The van der Waals surface area contributed by atoms with Crippen molar-refractivity contribution < 1.29 is 9.18 Å². The molecule has 1 amide bonds. The first-order valence-corrected chi connectivity index (χ1v) is 11.2. The van der Waals surface area contributed by atoms with Crippen LogP contribution in [-0.2, 0) is 11.3 Å². The van der Waals surface area contributed by atoms with Crippen molar-refractivity contribution in [2.45, 2.75) is 19.4 Å². The van der Waals surface area contributed by atoms with Gasteiger partial charge in [0, 0.05) is 36.1 Å². The van der Waals surface area contributed by atoms with Gasteiger partial charge in [0.2, 0.25) is 5.91 Å². The second-order valence-electron chi connectivity index (χ2n) is 8.38. The number of nitrogens with one attached hydrogen (secondary N) is 1. The van der Waals surface area contributed by atoms with Crippen LogP contribution < -0.4 is 5.32 Å². The third-order valence-electron chi connectivity index (χ3n) is 6.13. The van der Waals surface area contributed by atoms with E-state index in [0.717, 1.165) is 49.5 Å². The molecular formula is C26H26FN5O. The number of hydrogen-bond donors (Lipinski definition) is 1. The average molecular weight is 444 g/mol. The Balaban J connectivity index is 1.26. The maximum atomic E-state index is 13.1. The van der Waals surface area contributed by atoms with Gasteiger partial charge in [-0.05, 0) is 74.5 Å². The Kier molecular flexibility index (Phi) is 6.04. The molecule has 3 heterocycles. The molecule has 0 saturated carbocycles. The van der Waals surface area contributed by atoms with Crippen LogP contribution in [0.3, 0.4) is 0 Å². The lowest BCUT2D eigenvalue weighted by atomic mass is 9.95. The number of likely N-dealkylation sites (tertiary alicyclic amines) is 1. The van der Waals surface area contributed by atoms with Gasteiger partial charge < -0.3 is 9.88 Å². The zero-order valence-corrected chi connectivity index (χ0v) is 18.3. The Hall–Kier alpha value is -3.71. The van der Waals surface area contributed by atoms with Crippen LogP contribution in [0.5, 0.6) is 0 Å². The van der Waals surface area contributed by atoms with Crippen LogP contribution >= 0.6 is 0 Å². The van der Waals surface area contributed by atoms with Crippen LogP contribution in [0, 0.1) is 11.7 Å². The molecule has 2 aromatic carbocycles. The Labute approximate surface area is 192 Å². The quantitative estimate of drug-likeness (QED) is 0.472. The van der Waals surface area contributed by atoms with Gasteiger partial charge in [-0.15, -0.1) is 0 Å². The van der Waals surface area contributed by atoms with Crippen LogP contribution in [-0.4, -0.2) is 38.2 Å². The van der Waals surface area contributed by atoms with Crippen molar-refractivity contribution in [1.82, 2.24) is 19.2 Å². The van der Waals surface area contributed by atoms with Crippen molar-refractivity contribution in [3.63, 3.8) is 0 Å². The lowest BCUT2D eigenvalue weighted by Crippen LogP contribution is -2.37. The van der Waals surface area contributed by atoms with Gasteiger partial charge in [0.15, 0.2) is 0 Å². The summed E-state index contributed by atoms with van der Waals surface area (Å²) < 4.78 is 17.2. The van der Waals surface area contributed by atoms with E-state index >= 15 is 0 Å². The molecule has 0 unspecified atom stereocenters. The SMILES string of the molecule is O=C(Nc1ccc(F)cc1)C1CCN(Cc2cnn(-c3ccccc3)c2-n2cccc2)CC1. The number of carbonyl (C=O) groups is 1. The minimum atomic E-state index is -0.309. The summed E-state index contributed by atoms with van der Waals surface area (Å²) in [5.41, 5.74) is 2.79. The van der Waals surface area contributed by atoms with E-state index in [9.17, 15) is 9.18 Å². The fraction of sp³-hybridized carbons (Fsp3) is 0.231. The third-order valence-corrected chi connectivity index (χ3v) is 6.13. The fourth-order valence-electron chi connectivity index (χ4n) is 4.37. The molecule has 0 radical (unpaired) electrons. The molecule has 6 nitrogen and oxygen atoms in total. The molecule has 1 fully saturated rings. The van der Waals surface area contributed by atoms with Crippen molar-refractivity contribution in [3.05, 3.63) is 96.7 Å². The number of hydrogen-bond acceptors (Lipinski definition) is 3. The normalized spacial score (nSPS) is 14.9. The molecule has 0 aliphatic carbocycles. The molecule has 4 aromatic rings. The summed E-state index contributed by atoms with van der Waals surface area (Å²) in [6.45, 7) is 2.44. The van der Waals surface area contributed by atoms with Gasteiger partial charge in [-0.25, -0.2) is 9.07 Å². The summed E-state index contributed by atoms with van der Waals surface area (Å²) in [6, 6.07) is 20.0. The van der Waals surface area contributed by atoms with E-state index in [1.807, 2.05) is 53.6 Å². The molecule has 33 heavy (non-hydrogen) atoms. The number of piperidine rings is 1. The molecule has 2 aromatic heterocycles. The second kappa shape index (κ2) is 9.42. The van der Waals surface area contributed by atoms with Crippen molar-refractivity contribution in [3.8, 4) is 11.5 Å². The maximum absolute atomic E-state index is 13.1. The van der Waals surface area contributed by atoms with Crippen molar-refractivity contribution in [2.75, 3.05) is 18.4 Å². The van der Waals surface area contributed by atoms with Crippen LogP contribution in [0.2, 0.25) is 0 Å². The van der Waals surface area contributed by atoms with Crippen LogP contribution in [0.25, 0.3) is 11.5 Å². The van der Waals surface area contributed by atoms with E-state index in [2.05, 4.69) is 32.0 Å². The van der Waals surface area contributed by atoms with Gasteiger partial charge in [0.05, 0.1) is 11.9 Å². The fourth-order valence-corrected chi connectivity index (χ4v) is 4.37. The molecule has 7 heteroatoms. The zero-order valence-electron chi connectivity index (χ0n) is 18.3. The van der Waals surface area contributed by atoms with E-state index in [1.165, 1.54) is 12.1 Å². The smallest absolute Gasteiger partial charge is 0.227 e. The maximum Gasteiger partial charge on any atom is 0.227 e. The molecule has 1 N–H and O–H groups in total. The number of carbonyl (C=O) groups excluding carboxylic acids is 1. The van der Waals surface area contributed by atoms with E-state index in [4.69, 9.17) is 0 Å². The molecule has 0 spiro atoms. The number of amides is 1. The minimum Gasteiger partial charge on any atom is -0.326 e. The van der Waals surface area contributed by atoms with Gasteiger partial charge in [0.25, 0.3) is 0 Å². The standard InChI is InChI=1S/C26H26FN5O/c27-22-8-10-23(11-9-22)29-25(33)20-12-16-30(17-13-20)19-21-18-28-32(24-6-2-1-3-7-24)26(21)31-14-4-5-15-31/h1-11,14-15,18,20H,12-13,16-17,19H2,(H,29,33). The van der Waals surface area contributed by atoms with E-state index in [1.54, 1.807) is 12.1 Å². The Bertz CT molecular complexity index is 1190. The highest BCUT2D eigenvalue weighted by Gasteiger charge is 2.26. The molecule has 0 bridgehead atoms. The molecule has 168 valence electrons. The van der Waals surface area contributed by atoms with Crippen molar-refractivity contribution in [1.29, 1.82) is 0 Å². The van der Waals surface area contributed by atoms with E-state index < -0.39 is 0 Å². The predicted octanol–water partition coefficient (Wildman–Crippen LogP) is 4.65. The first-order valence-electron chi connectivity index (χ1n) is 11.2. The van der Waals surface area contributed by atoms with Gasteiger partial charge in [0.1, 0.15) is 11.6 Å². The van der Waals surface area contributed by atoms with Crippen molar-refractivity contribution in [2.24, 2.45) is 5.92 Å². The highest BCUT2D eigenvalue weighted by Crippen LogP contribution is 2.25. The summed E-state index contributed by atoms with van der Waals surface area (Å²) >= 11 is 0. The molecule has 1 aliphatic heterocycles. The third kappa shape index (κ3) is 4.73. The monoisotopic (exact) mass is 443 g/mol. The van der Waals surface area contributed by atoms with Gasteiger partial charge >= 0.3 is 0 Å². The Morgan fingerprint density at radius 2 is 1.67 bits per heavy atom. The van der Waals surface area contributed by atoms with Crippen LogP contribution in [0.4, 0.5) is 10.1 Å². The average Bonchev–Trinajstić information content (AvgIpc) is 3.51. The molecule has 1 aliphatic rings. The van der Waals surface area contributed by atoms with E-state index in [-0.39, 0.29) is 17.6 Å². The molecule has 5 rings (SSSR count). The Morgan fingerprint density at radius 3 is 2.36 bits per heavy atom. The number of benzene rings is 2. The Morgan fingerprint density at radius 1 is 0.970 bits per heavy atom. The summed E-state index contributed by atoms with van der Waals surface area (Å²) in [4.78, 5) is 15.0. The van der Waals surface area contributed by atoms with Gasteiger partial charge in [-0.2, -0.15) is 5.10 Å². The zero-order chi connectivity index (χ0) is 22.6. The largest absolute Gasteiger partial charge is 0.326 e. The number of halogens is 1. The predicted molar refractivity (Wildman–Crippen MR) is 126 cm³/mol. The summed E-state index contributed by atoms with van der Waals surface area (Å²) in [5, 5.41) is 7.59. The molecular weight excluding hydrogens is 417 g/mol. The first-order chi connectivity index (χ1) is 16.2. The summed E-state index contributed by atoms with van der Waals surface area (Å²) in [6.07, 6.45) is 7.59. The summed E-state index contributed by atoms with van der Waals surface area (Å²) in [5.74, 6) is 0.687. The van der Waals surface area contributed by atoms with Crippen LogP contribution in [0.15, 0.2) is 85.3 Å². The number of anilines is 1. The van der Waals surface area contributed by atoms with Gasteiger partial charge in [-0.3, -0.25) is 9.69 Å². The lowest BCUT2D eigenvalue weighted by molar-refractivity contribution is -0.121. The highest BCUT2D eigenvalue weighted by atomic mass is 19.1. The van der Waals surface area contributed by atoms with E-state index in [0.29, 0.717) is 5.69 Å². The van der Waals surface area contributed by atoms with Gasteiger partial charge in [-0.1, -0.05) is 18.2 Å². The number of para-hydroxylation sites is 1. The number of rotatable bonds is 6. The molecule has 0 atom stereocenters. The topological polar surface area (TPSA) is 55.1 Å². The summed E-state index contributed by atoms with van der Waals surface area (Å²) in [7, 11) is 0. The highest BCUT2D eigenvalue weighted by molar-refractivity contribution is 5.92.